The van der Waals surface area contributed by atoms with Crippen LogP contribution >= 0.6 is 0 Å². The van der Waals surface area contributed by atoms with Crippen LogP contribution in [0.4, 0.5) is 11.4 Å². The van der Waals surface area contributed by atoms with Gasteiger partial charge in [-0.25, -0.2) is 0 Å². The minimum Gasteiger partial charge on any atom is -0.497 e. The Hall–Kier alpha value is -2.49. The van der Waals surface area contributed by atoms with Crippen molar-refractivity contribution in [2.45, 2.75) is 13.5 Å². The number of methoxy groups -OCH3 is 1. The number of hydrogen-bond donors (Lipinski definition) is 2. The second-order valence-corrected chi connectivity index (χ2v) is 4.46. The summed E-state index contributed by atoms with van der Waals surface area (Å²) in [5.74, 6) is 0.789. The average molecular weight is 270 g/mol. The molecule has 0 saturated heterocycles. The normalized spacial score (nSPS) is 9.90. The highest BCUT2D eigenvalue weighted by Crippen LogP contribution is 2.16. The number of carbonyl (C=O) groups excluding carboxylic acids is 1. The number of anilines is 2. The second-order valence-electron chi connectivity index (χ2n) is 4.46. The summed E-state index contributed by atoms with van der Waals surface area (Å²) in [6.45, 7) is 2.24. The Labute approximate surface area is 118 Å². The zero-order valence-corrected chi connectivity index (χ0v) is 11.6. The SMILES string of the molecule is COc1ccc(CNc2ccc(NC(C)=O)cc2)cc1. The second kappa shape index (κ2) is 6.61. The van der Waals surface area contributed by atoms with E-state index in [1.165, 1.54) is 12.5 Å². The highest BCUT2D eigenvalue weighted by molar-refractivity contribution is 5.88. The third kappa shape index (κ3) is 4.02. The van der Waals surface area contributed by atoms with Gasteiger partial charge in [0.05, 0.1) is 7.11 Å². The lowest BCUT2D eigenvalue weighted by Crippen LogP contribution is -2.05. The number of amides is 1. The molecular formula is C16H18N2O2. The van der Waals surface area contributed by atoms with Crippen LogP contribution in [0.15, 0.2) is 48.5 Å². The molecule has 0 aliphatic rings. The zero-order valence-electron chi connectivity index (χ0n) is 11.6. The molecule has 0 aromatic heterocycles. The van der Waals surface area contributed by atoms with Gasteiger partial charge in [0.25, 0.3) is 0 Å². The Morgan fingerprint density at radius 1 is 1.00 bits per heavy atom. The Balaban J connectivity index is 1.91. The van der Waals surface area contributed by atoms with Crippen molar-refractivity contribution >= 4 is 17.3 Å². The van der Waals surface area contributed by atoms with E-state index in [0.717, 1.165) is 23.7 Å². The quantitative estimate of drug-likeness (QED) is 0.876. The molecule has 2 N–H and O–H groups in total. The van der Waals surface area contributed by atoms with Gasteiger partial charge in [0.15, 0.2) is 0 Å². The minimum atomic E-state index is -0.0658. The lowest BCUT2D eigenvalue weighted by Gasteiger charge is -2.08. The molecule has 2 aromatic carbocycles. The van der Waals surface area contributed by atoms with Crippen molar-refractivity contribution in [1.82, 2.24) is 0 Å². The van der Waals surface area contributed by atoms with E-state index in [9.17, 15) is 4.79 Å². The summed E-state index contributed by atoms with van der Waals surface area (Å²) in [7, 11) is 1.66. The Kier molecular flexibility index (Phi) is 4.60. The number of nitrogens with one attached hydrogen (secondary N) is 2. The molecular weight excluding hydrogens is 252 g/mol. The molecule has 0 spiro atoms. The monoisotopic (exact) mass is 270 g/mol. The fourth-order valence-corrected chi connectivity index (χ4v) is 1.82. The third-order valence-corrected chi connectivity index (χ3v) is 2.86. The first-order valence-corrected chi connectivity index (χ1v) is 6.42. The molecule has 20 heavy (non-hydrogen) atoms. The fraction of sp³-hybridized carbons (Fsp3) is 0.188. The predicted molar refractivity (Wildman–Crippen MR) is 81.1 cm³/mol. The number of carbonyl (C=O) groups is 1. The van der Waals surface area contributed by atoms with Crippen LogP contribution in [0.2, 0.25) is 0 Å². The topological polar surface area (TPSA) is 50.4 Å². The van der Waals surface area contributed by atoms with Crippen LogP contribution in [0.25, 0.3) is 0 Å². The van der Waals surface area contributed by atoms with Gasteiger partial charge in [0.1, 0.15) is 5.75 Å². The van der Waals surface area contributed by atoms with Crippen molar-refractivity contribution in [3.8, 4) is 5.75 Å². The molecule has 0 atom stereocenters. The summed E-state index contributed by atoms with van der Waals surface area (Å²) in [6.07, 6.45) is 0. The van der Waals surface area contributed by atoms with E-state index < -0.39 is 0 Å². The summed E-state index contributed by atoms with van der Waals surface area (Å²) in [4.78, 5) is 10.9. The summed E-state index contributed by atoms with van der Waals surface area (Å²) in [5.41, 5.74) is 2.99. The maximum absolute atomic E-state index is 10.9. The lowest BCUT2D eigenvalue weighted by molar-refractivity contribution is -0.114. The van der Waals surface area contributed by atoms with Gasteiger partial charge < -0.3 is 15.4 Å². The first kappa shape index (κ1) is 13.9. The molecule has 0 unspecified atom stereocenters. The molecule has 4 heteroatoms. The van der Waals surface area contributed by atoms with Crippen molar-refractivity contribution in [3.63, 3.8) is 0 Å². The number of ether oxygens (including phenoxy) is 1. The van der Waals surface area contributed by atoms with Crippen LogP contribution in [0.3, 0.4) is 0 Å². The van der Waals surface area contributed by atoms with Crippen molar-refractivity contribution in [3.05, 3.63) is 54.1 Å². The smallest absolute Gasteiger partial charge is 0.221 e. The predicted octanol–water partition coefficient (Wildman–Crippen LogP) is 3.27. The lowest BCUT2D eigenvalue weighted by atomic mass is 10.2. The Bertz CT molecular complexity index is 562. The third-order valence-electron chi connectivity index (χ3n) is 2.86. The van der Waals surface area contributed by atoms with E-state index in [2.05, 4.69) is 10.6 Å². The first-order valence-electron chi connectivity index (χ1n) is 6.42. The fourth-order valence-electron chi connectivity index (χ4n) is 1.82. The highest BCUT2D eigenvalue weighted by Gasteiger charge is 1.97. The van der Waals surface area contributed by atoms with Crippen molar-refractivity contribution in [2.75, 3.05) is 17.7 Å². The van der Waals surface area contributed by atoms with Gasteiger partial charge in [0.2, 0.25) is 5.91 Å². The van der Waals surface area contributed by atoms with Gasteiger partial charge in [0, 0.05) is 24.8 Å². The standard InChI is InChI=1S/C16H18N2O2/c1-12(19)18-15-7-5-14(6-8-15)17-11-13-3-9-16(20-2)10-4-13/h3-10,17H,11H2,1-2H3,(H,18,19). The van der Waals surface area contributed by atoms with Gasteiger partial charge >= 0.3 is 0 Å². The van der Waals surface area contributed by atoms with Crippen LogP contribution in [-0.4, -0.2) is 13.0 Å². The van der Waals surface area contributed by atoms with Crippen LogP contribution in [0.1, 0.15) is 12.5 Å². The highest BCUT2D eigenvalue weighted by atomic mass is 16.5. The van der Waals surface area contributed by atoms with Crippen LogP contribution in [0.5, 0.6) is 5.75 Å². The molecule has 0 bridgehead atoms. The van der Waals surface area contributed by atoms with E-state index in [0.29, 0.717) is 0 Å². The number of rotatable bonds is 5. The molecule has 0 radical (unpaired) electrons. The van der Waals surface area contributed by atoms with E-state index in [1.807, 2.05) is 48.5 Å². The van der Waals surface area contributed by atoms with Crippen LogP contribution in [0, 0.1) is 0 Å². The zero-order chi connectivity index (χ0) is 14.4. The minimum absolute atomic E-state index is 0.0658. The van der Waals surface area contributed by atoms with Crippen molar-refractivity contribution in [1.29, 1.82) is 0 Å². The molecule has 2 aromatic rings. The molecule has 0 heterocycles. The van der Waals surface area contributed by atoms with Crippen LogP contribution in [-0.2, 0) is 11.3 Å². The molecule has 1 amide bonds. The summed E-state index contributed by atoms with van der Waals surface area (Å²) in [5, 5.41) is 6.06. The molecule has 0 aliphatic carbocycles. The van der Waals surface area contributed by atoms with Crippen molar-refractivity contribution < 1.29 is 9.53 Å². The van der Waals surface area contributed by atoms with Gasteiger partial charge in [-0.05, 0) is 42.0 Å². The molecule has 0 saturated carbocycles. The van der Waals surface area contributed by atoms with Crippen LogP contribution < -0.4 is 15.4 Å². The average Bonchev–Trinajstić information content (AvgIpc) is 2.46. The Morgan fingerprint density at radius 3 is 2.15 bits per heavy atom. The maximum atomic E-state index is 10.9. The van der Waals surface area contributed by atoms with E-state index >= 15 is 0 Å². The van der Waals surface area contributed by atoms with Gasteiger partial charge in [-0.2, -0.15) is 0 Å². The Morgan fingerprint density at radius 2 is 1.60 bits per heavy atom. The van der Waals surface area contributed by atoms with E-state index in [4.69, 9.17) is 4.74 Å². The maximum Gasteiger partial charge on any atom is 0.221 e. The first-order chi connectivity index (χ1) is 9.67. The number of benzene rings is 2. The van der Waals surface area contributed by atoms with Gasteiger partial charge in [-0.15, -0.1) is 0 Å². The molecule has 4 nitrogen and oxygen atoms in total. The van der Waals surface area contributed by atoms with E-state index in [1.54, 1.807) is 7.11 Å². The largest absolute Gasteiger partial charge is 0.497 e. The van der Waals surface area contributed by atoms with Crippen molar-refractivity contribution in [2.24, 2.45) is 0 Å². The summed E-state index contributed by atoms with van der Waals surface area (Å²) >= 11 is 0. The molecule has 2 rings (SSSR count). The summed E-state index contributed by atoms with van der Waals surface area (Å²) < 4.78 is 5.12. The number of hydrogen-bond acceptors (Lipinski definition) is 3. The molecule has 104 valence electrons. The van der Waals surface area contributed by atoms with Gasteiger partial charge in [-0.3, -0.25) is 4.79 Å². The molecule has 0 aliphatic heterocycles. The van der Waals surface area contributed by atoms with E-state index in [-0.39, 0.29) is 5.91 Å². The van der Waals surface area contributed by atoms with Gasteiger partial charge in [-0.1, -0.05) is 12.1 Å². The summed E-state index contributed by atoms with van der Waals surface area (Å²) in [6, 6.07) is 15.6. The molecule has 0 fully saturated rings.